The molecule has 0 amide bonds. The molecule has 1 aliphatic carbocycles. The third-order valence-corrected chi connectivity index (χ3v) is 4.10. The summed E-state index contributed by atoms with van der Waals surface area (Å²) in [6.45, 7) is 10.5. The Labute approximate surface area is 159 Å². The normalized spacial score (nSPS) is 18.8. The minimum Gasteiger partial charge on any atom is -0.371 e. The van der Waals surface area contributed by atoms with Crippen LogP contribution in [0.4, 0.5) is 0 Å². The minimum atomic E-state index is 0. The van der Waals surface area contributed by atoms with Gasteiger partial charge in [0.15, 0.2) is 0 Å². The summed E-state index contributed by atoms with van der Waals surface area (Å²) in [4.78, 5) is 2.55. The van der Waals surface area contributed by atoms with Crippen molar-refractivity contribution in [3.63, 3.8) is 0 Å². The Bertz CT molecular complexity index is 544. The van der Waals surface area contributed by atoms with Crippen LogP contribution in [0.3, 0.4) is 0 Å². The first-order valence-electron chi connectivity index (χ1n) is 8.24. The van der Waals surface area contributed by atoms with Gasteiger partial charge in [-0.2, -0.15) is 0 Å². The summed E-state index contributed by atoms with van der Waals surface area (Å²) < 4.78 is 0. The van der Waals surface area contributed by atoms with Crippen molar-refractivity contribution in [2.24, 2.45) is 0 Å². The van der Waals surface area contributed by atoms with E-state index in [4.69, 9.17) is 0 Å². The van der Waals surface area contributed by atoms with Crippen LogP contribution in [0, 0.1) is 0 Å². The van der Waals surface area contributed by atoms with E-state index >= 15 is 0 Å². The predicted molar refractivity (Wildman–Crippen MR) is 99.4 cm³/mol. The van der Waals surface area contributed by atoms with Crippen LogP contribution in [-0.2, 0) is 21.7 Å². The van der Waals surface area contributed by atoms with Crippen LogP contribution in [0.5, 0.6) is 0 Å². The smallest absolute Gasteiger partial charge is 0.0408 e. The number of likely N-dealkylation sites (tertiary alicyclic amines) is 1. The van der Waals surface area contributed by atoms with Gasteiger partial charge in [0.2, 0.25) is 0 Å². The van der Waals surface area contributed by atoms with E-state index in [2.05, 4.69) is 61.0 Å². The van der Waals surface area contributed by atoms with Gasteiger partial charge in [-0.3, -0.25) is 0 Å². The Balaban J connectivity index is 0.000000615. The van der Waals surface area contributed by atoms with Crippen LogP contribution < -0.4 is 0 Å². The average molecular weight is 357 g/mol. The maximum Gasteiger partial charge on any atom is 0.0408 e. The van der Waals surface area contributed by atoms with Crippen molar-refractivity contribution in [3.8, 4) is 0 Å². The Hall–Kier alpha value is -0.829. The van der Waals surface area contributed by atoms with Crippen molar-refractivity contribution in [1.82, 2.24) is 4.90 Å². The molecule has 1 unspecified atom stereocenters. The molecule has 1 saturated heterocycles. The van der Waals surface area contributed by atoms with Gasteiger partial charge in [-0.1, -0.05) is 68.2 Å². The first-order valence-corrected chi connectivity index (χ1v) is 10.2. The standard InChI is InChI=1S/C18H21N.C2H6Si.Ti/c1-2-3-4-9-15-14-18(19-12-7-8-13-19)17-11-6-5-10-16(15)17;1-3-2;/h2-6,10-11,14-15H,1,7-9,12-13H2;1-2H3;. The Kier molecular flexibility index (Phi) is 9.54. The molecule has 120 valence electrons. The molecule has 3 heteroatoms. The van der Waals surface area contributed by atoms with E-state index in [1.165, 1.54) is 42.8 Å². The molecule has 0 saturated carbocycles. The van der Waals surface area contributed by atoms with Crippen molar-refractivity contribution in [1.29, 1.82) is 0 Å². The fourth-order valence-electron chi connectivity index (χ4n) is 3.17. The summed E-state index contributed by atoms with van der Waals surface area (Å²) in [6.07, 6.45) is 12.3. The number of hydrogen-bond acceptors (Lipinski definition) is 1. The van der Waals surface area contributed by atoms with Crippen molar-refractivity contribution < 1.29 is 21.7 Å². The largest absolute Gasteiger partial charge is 0.371 e. The summed E-state index contributed by atoms with van der Waals surface area (Å²) >= 11 is 0. The Morgan fingerprint density at radius 1 is 1.22 bits per heavy atom. The molecule has 1 nitrogen and oxygen atoms in total. The van der Waals surface area contributed by atoms with Crippen molar-refractivity contribution >= 4 is 15.2 Å². The molecule has 1 aromatic carbocycles. The molecule has 2 aliphatic rings. The van der Waals surface area contributed by atoms with Crippen LogP contribution in [0.15, 0.2) is 55.1 Å². The van der Waals surface area contributed by atoms with Crippen LogP contribution in [0.2, 0.25) is 13.1 Å². The fourth-order valence-corrected chi connectivity index (χ4v) is 3.17. The van der Waals surface area contributed by atoms with Gasteiger partial charge in [-0.15, -0.1) is 0 Å². The molecule has 0 bridgehead atoms. The molecule has 23 heavy (non-hydrogen) atoms. The quantitative estimate of drug-likeness (QED) is 0.533. The maximum absolute atomic E-state index is 3.74. The van der Waals surface area contributed by atoms with Gasteiger partial charge < -0.3 is 4.90 Å². The molecule has 1 fully saturated rings. The topological polar surface area (TPSA) is 3.24 Å². The summed E-state index contributed by atoms with van der Waals surface area (Å²) in [5, 5.41) is 0. The fraction of sp³-hybridized carbons (Fsp3) is 0.400. The van der Waals surface area contributed by atoms with Crippen LogP contribution in [0.25, 0.3) is 5.70 Å². The number of allylic oxidation sites excluding steroid dienone is 4. The van der Waals surface area contributed by atoms with Crippen LogP contribution in [0.1, 0.15) is 36.3 Å². The number of hydrogen-bond donors (Lipinski definition) is 0. The predicted octanol–water partition coefficient (Wildman–Crippen LogP) is 5.14. The van der Waals surface area contributed by atoms with Crippen LogP contribution in [-0.4, -0.2) is 27.5 Å². The third kappa shape index (κ3) is 5.34. The number of nitrogens with zero attached hydrogens (tertiary/aromatic N) is 1. The van der Waals surface area contributed by atoms with E-state index in [0.717, 1.165) is 15.9 Å². The van der Waals surface area contributed by atoms with E-state index < -0.39 is 0 Å². The van der Waals surface area contributed by atoms with Crippen molar-refractivity contribution in [3.05, 3.63) is 66.3 Å². The molecule has 3 rings (SSSR count). The first-order chi connectivity index (χ1) is 10.8. The zero-order valence-corrected chi connectivity index (χ0v) is 16.9. The van der Waals surface area contributed by atoms with Gasteiger partial charge in [0, 0.05) is 61.5 Å². The third-order valence-electron chi connectivity index (χ3n) is 4.10. The van der Waals surface area contributed by atoms with Gasteiger partial charge in [0.25, 0.3) is 0 Å². The van der Waals surface area contributed by atoms with Crippen molar-refractivity contribution in [2.75, 3.05) is 13.1 Å². The van der Waals surface area contributed by atoms with E-state index in [1.54, 1.807) is 0 Å². The molecular weight excluding hydrogens is 330 g/mol. The zero-order chi connectivity index (χ0) is 15.8. The summed E-state index contributed by atoms with van der Waals surface area (Å²) in [5.74, 6) is 0.531. The van der Waals surface area contributed by atoms with Gasteiger partial charge in [-0.25, -0.2) is 0 Å². The van der Waals surface area contributed by atoms with E-state index in [0.29, 0.717) is 5.92 Å². The van der Waals surface area contributed by atoms with Crippen LogP contribution >= 0.6 is 0 Å². The monoisotopic (exact) mass is 357 g/mol. The van der Waals surface area contributed by atoms with Gasteiger partial charge in [-0.05, 0) is 24.8 Å². The second-order valence-electron chi connectivity index (χ2n) is 5.84. The average Bonchev–Trinajstić information content (AvgIpc) is 3.16. The van der Waals surface area contributed by atoms with Crippen molar-refractivity contribution in [2.45, 2.75) is 38.3 Å². The van der Waals surface area contributed by atoms with E-state index in [1.807, 2.05) is 12.2 Å². The number of fused-ring (bicyclic) bond motifs is 1. The van der Waals surface area contributed by atoms with E-state index in [9.17, 15) is 0 Å². The molecule has 1 heterocycles. The maximum atomic E-state index is 3.74. The van der Waals surface area contributed by atoms with Gasteiger partial charge in [0.1, 0.15) is 0 Å². The molecular formula is C20H27NSiTi. The summed E-state index contributed by atoms with van der Waals surface area (Å²) in [5.41, 5.74) is 4.39. The zero-order valence-electron chi connectivity index (χ0n) is 14.4. The SMILES string of the molecule is C=CC=CCC1C=C(N2CCCC2)c2ccccc21.C[Si]C.[Ti]. The molecule has 1 aliphatic heterocycles. The second kappa shape index (κ2) is 10.9. The molecule has 1 atom stereocenters. The molecule has 0 aromatic heterocycles. The minimum absolute atomic E-state index is 0. The summed E-state index contributed by atoms with van der Waals surface area (Å²) in [7, 11) is 1.08. The second-order valence-corrected chi connectivity index (χ2v) is 6.84. The number of benzene rings is 1. The molecule has 2 radical (unpaired) electrons. The molecule has 0 N–H and O–H groups in total. The first kappa shape index (κ1) is 20.2. The molecule has 1 aromatic rings. The van der Waals surface area contributed by atoms with Gasteiger partial charge in [0.05, 0.1) is 0 Å². The number of rotatable bonds is 4. The van der Waals surface area contributed by atoms with Gasteiger partial charge >= 0.3 is 0 Å². The summed E-state index contributed by atoms with van der Waals surface area (Å²) in [6, 6.07) is 8.87. The van der Waals surface area contributed by atoms with E-state index in [-0.39, 0.29) is 21.7 Å². The Morgan fingerprint density at radius 2 is 1.87 bits per heavy atom. The Morgan fingerprint density at radius 3 is 2.52 bits per heavy atom. The molecule has 0 spiro atoms.